The van der Waals surface area contributed by atoms with E-state index in [0.29, 0.717) is 0 Å². The van der Waals surface area contributed by atoms with E-state index in [4.69, 9.17) is 0 Å². The number of halogens is 1. The SMILES string of the molecule is CBc1c(C)sc(N2CCc3cc(F)ccc3C2)c1C. The summed E-state index contributed by atoms with van der Waals surface area (Å²) in [5.41, 5.74) is 5.36. The van der Waals surface area contributed by atoms with Gasteiger partial charge in [-0.1, -0.05) is 18.4 Å². The quantitative estimate of drug-likeness (QED) is 0.767. The zero-order chi connectivity index (χ0) is 14.3. The molecule has 0 amide bonds. The number of hydrogen-bond acceptors (Lipinski definition) is 2. The van der Waals surface area contributed by atoms with Gasteiger partial charge in [0.25, 0.3) is 0 Å². The highest BCUT2D eigenvalue weighted by molar-refractivity contribution is 7.17. The van der Waals surface area contributed by atoms with Gasteiger partial charge in [-0.3, -0.25) is 0 Å². The molecule has 0 saturated carbocycles. The van der Waals surface area contributed by atoms with Crippen LogP contribution in [0.5, 0.6) is 0 Å². The molecule has 0 saturated heterocycles. The van der Waals surface area contributed by atoms with Crippen molar-refractivity contribution >= 4 is 29.1 Å². The Bertz CT molecular complexity index is 650. The Kier molecular flexibility index (Phi) is 3.59. The van der Waals surface area contributed by atoms with Crippen molar-refractivity contribution in [1.82, 2.24) is 0 Å². The first kappa shape index (κ1) is 13.7. The highest BCUT2D eigenvalue weighted by Gasteiger charge is 2.21. The van der Waals surface area contributed by atoms with Gasteiger partial charge >= 0.3 is 0 Å². The van der Waals surface area contributed by atoms with Crippen LogP contribution in [0, 0.1) is 19.7 Å². The van der Waals surface area contributed by atoms with Gasteiger partial charge < -0.3 is 4.90 Å². The first-order valence-corrected chi connectivity index (χ1v) is 8.03. The molecule has 0 atom stereocenters. The molecule has 0 fully saturated rings. The molecule has 1 aliphatic rings. The molecule has 0 bridgehead atoms. The van der Waals surface area contributed by atoms with Crippen LogP contribution in [-0.2, 0) is 13.0 Å². The van der Waals surface area contributed by atoms with Crippen LogP contribution in [0.1, 0.15) is 21.6 Å². The molecule has 0 spiro atoms. The first-order valence-electron chi connectivity index (χ1n) is 7.21. The van der Waals surface area contributed by atoms with E-state index >= 15 is 0 Å². The van der Waals surface area contributed by atoms with Gasteiger partial charge in [-0.2, -0.15) is 0 Å². The van der Waals surface area contributed by atoms with E-state index in [1.54, 1.807) is 12.1 Å². The summed E-state index contributed by atoms with van der Waals surface area (Å²) >= 11 is 1.90. The van der Waals surface area contributed by atoms with E-state index in [2.05, 4.69) is 25.6 Å². The van der Waals surface area contributed by atoms with Crippen LogP contribution >= 0.6 is 11.3 Å². The number of thiophene rings is 1. The number of hydrogen-bond donors (Lipinski definition) is 0. The van der Waals surface area contributed by atoms with Gasteiger partial charge in [-0.05, 0) is 54.0 Å². The monoisotopic (exact) mass is 287 g/mol. The lowest BCUT2D eigenvalue weighted by Crippen LogP contribution is -2.30. The number of aryl methyl sites for hydroxylation is 1. The van der Waals surface area contributed by atoms with Crippen molar-refractivity contribution in [3.8, 4) is 0 Å². The Morgan fingerprint density at radius 2 is 2.05 bits per heavy atom. The van der Waals surface area contributed by atoms with Gasteiger partial charge in [-0.15, -0.1) is 11.3 Å². The van der Waals surface area contributed by atoms with Gasteiger partial charge in [0.05, 0.1) is 5.00 Å². The normalized spacial score (nSPS) is 14.3. The molecule has 20 heavy (non-hydrogen) atoms. The summed E-state index contributed by atoms with van der Waals surface area (Å²) in [6.07, 6.45) is 0.935. The molecule has 0 aliphatic carbocycles. The van der Waals surface area contributed by atoms with Gasteiger partial charge in [0, 0.05) is 13.1 Å². The van der Waals surface area contributed by atoms with E-state index in [1.165, 1.54) is 32.0 Å². The molecule has 1 aliphatic heterocycles. The lowest BCUT2D eigenvalue weighted by Gasteiger charge is -2.30. The van der Waals surface area contributed by atoms with Crippen molar-refractivity contribution in [2.45, 2.75) is 33.6 Å². The number of nitrogens with zero attached hydrogens (tertiary/aromatic N) is 1. The molecular formula is C16H19BFNS. The maximum absolute atomic E-state index is 13.3. The third-order valence-corrected chi connectivity index (χ3v) is 5.58. The molecule has 104 valence electrons. The predicted octanol–water partition coefficient (Wildman–Crippen LogP) is 3.18. The Hall–Kier alpha value is -1.29. The predicted molar refractivity (Wildman–Crippen MR) is 87.6 cm³/mol. The highest BCUT2D eigenvalue weighted by atomic mass is 32.1. The molecule has 3 rings (SSSR count). The van der Waals surface area contributed by atoms with Crippen LogP contribution in [-0.4, -0.2) is 13.8 Å². The van der Waals surface area contributed by atoms with E-state index in [0.717, 1.165) is 26.8 Å². The van der Waals surface area contributed by atoms with Crippen molar-refractivity contribution in [2.24, 2.45) is 0 Å². The minimum Gasteiger partial charge on any atom is -0.359 e. The third-order valence-electron chi connectivity index (χ3n) is 4.27. The fourth-order valence-electron chi connectivity index (χ4n) is 3.19. The second kappa shape index (κ2) is 5.25. The minimum atomic E-state index is -0.117. The molecule has 0 unspecified atom stereocenters. The van der Waals surface area contributed by atoms with E-state index in [1.807, 2.05) is 17.4 Å². The second-order valence-corrected chi connectivity index (χ2v) is 6.71. The van der Waals surface area contributed by atoms with E-state index in [-0.39, 0.29) is 5.82 Å². The average Bonchev–Trinajstić information content (AvgIpc) is 2.73. The summed E-state index contributed by atoms with van der Waals surface area (Å²) in [4.78, 5) is 3.89. The second-order valence-electron chi connectivity index (χ2n) is 5.51. The van der Waals surface area contributed by atoms with Crippen LogP contribution in [0.15, 0.2) is 18.2 Å². The Labute approximate surface area is 124 Å². The maximum atomic E-state index is 13.3. The van der Waals surface area contributed by atoms with Gasteiger partial charge in [-0.25, -0.2) is 4.39 Å². The zero-order valence-corrected chi connectivity index (χ0v) is 13.1. The van der Waals surface area contributed by atoms with Crippen LogP contribution in [0.2, 0.25) is 6.82 Å². The lowest BCUT2D eigenvalue weighted by atomic mass is 9.71. The molecule has 2 aromatic rings. The topological polar surface area (TPSA) is 3.24 Å². The minimum absolute atomic E-state index is 0.117. The number of fused-ring (bicyclic) bond motifs is 1. The average molecular weight is 287 g/mol. The molecule has 1 aromatic carbocycles. The Morgan fingerprint density at radius 1 is 1.25 bits per heavy atom. The van der Waals surface area contributed by atoms with Crippen molar-refractivity contribution in [2.75, 3.05) is 11.4 Å². The molecule has 4 heteroatoms. The maximum Gasteiger partial charge on any atom is 0.156 e. The zero-order valence-electron chi connectivity index (χ0n) is 12.3. The fraction of sp³-hybridized carbons (Fsp3) is 0.375. The van der Waals surface area contributed by atoms with Gasteiger partial charge in [0.15, 0.2) is 7.28 Å². The summed E-state index contributed by atoms with van der Waals surface area (Å²) < 4.78 is 13.3. The summed E-state index contributed by atoms with van der Waals surface area (Å²) in [5, 5.41) is 1.40. The van der Waals surface area contributed by atoms with Gasteiger partial charge in [0.2, 0.25) is 0 Å². The fourth-order valence-corrected chi connectivity index (χ4v) is 4.46. The number of anilines is 1. The van der Waals surface area contributed by atoms with E-state index in [9.17, 15) is 4.39 Å². The van der Waals surface area contributed by atoms with Crippen LogP contribution in [0.3, 0.4) is 0 Å². The van der Waals surface area contributed by atoms with Crippen molar-refractivity contribution in [1.29, 1.82) is 0 Å². The first-order chi connectivity index (χ1) is 9.60. The number of benzene rings is 1. The van der Waals surface area contributed by atoms with Crippen LogP contribution < -0.4 is 10.4 Å². The molecule has 2 heterocycles. The highest BCUT2D eigenvalue weighted by Crippen LogP contribution is 2.32. The molecular weight excluding hydrogens is 268 g/mol. The summed E-state index contributed by atoms with van der Waals surface area (Å²) in [7, 11) is 1.10. The smallest absolute Gasteiger partial charge is 0.156 e. The van der Waals surface area contributed by atoms with Crippen LogP contribution in [0.4, 0.5) is 9.39 Å². The third kappa shape index (κ3) is 2.26. The van der Waals surface area contributed by atoms with E-state index < -0.39 is 0 Å². The molecule has 1 nitrogen and oxygen atoms in total. The standard InChI is InChI=1S/C16H19BFNS/c1-10-15(17-3)11(2)20-16(10)19-7-6-12-8-14(18)5-4-13(12)9-19/h4-5,8,17H,6-7,9H2,1-3H3. The number of rotatable bonds is 2. The largest absolute Gasteiger partial charge is 0.359 e. The Morgan fingerprint density at radius 3 is 2.75 bits per heavy atom. The Balaban J connectivity index is 1.92. The summed E-state index contributed by atoms with van der Waals surface area (Å²) in [6, 6.07) is 5.20. The van der Waals surface area contributed by atoms with Crippen molar-refractivity contribution in [3.05, 3.63) is 45.6 Å². The summed E-state index contributed by atoms with van der Waals surface area (Å²) in [5.74, 6) is -0.117. The molecule has 1 aromatic heterocycles. The van der Waals surface area contributed by atoms with Crippen molar-refractivity contribution in [3.63, 3.8) is 0 Å². The summed E-state index contributed by atoms with van der Waals surface area (Å²) in [6.45, 7) is 8.56. The molecule has 0 radical (unpaired) electrons. The lowest BCUT2D eigenvalue weighted by molar-refractivity contribution is 0.619. The van der Waals surface area contributed by atoms with Crippen molar-refractivity contribution < 1.29 is 4.39 Å². The van der Waals surface area contributed by atoms with Crippen LogP contribution in [0.25, 0.3) is 0 Å². The van der Waals surface area contributed by atoms with Gasteiger partial charge in [0.1, 0.15) is 5.82 Å². The molecule has 0 N–H and O–H groups in total.